The van der Waals surface area contributed by atoms with E-state index in [0.29, 0.717) is 42.4 Å². The number of nitrogens with zero attached hydrogens (tertiary/aromatic N) is 2. The van der Waals surface area contributed by atoms with Crippen LogP contribution in [-0.2, 0) is 17.9 Å². The molecule has 0 bridgehead atoms. The van der Waals surface area contributed by atoms with Gasteiger partial charge in [0.15, 0.2) is 11.5 Å². The third kappa shape index (κ3) is 6.13. The van der Waals surface area contributed by atoms with Crippen molar-refractivity contribution in [1.29, 1.82) is 0 Å². The zero-order chi connectivity index (χ0) is 25.3. The highest BCUT2D eigenvalue weighted by molar-refractivity contribution is 5.98. The lowest BCUT2D eigenvalue weighted by Crippen LogP contribution is -2.48. The van der Waals surface area contributed by atoms with Crippen molar-refractivity contribution in [2.75, 3.05) is 20.8 Å². The molecule has 8 nitrogen and oxygen atoms in total. The Hall–Kier alpha value is -4.07. The monoisotopic (exact) mass is 489 g/mol. The smallest absolute Gasteiger partial charge is 0.254 e. The number of carbonyl (C=O) groups is 2. The molecule has 188 valence electrons. The molecule has 4 rings (SSSR count). The summed E-state index contributed by atoms with van der Waals surface area (Å²) >= 11 is 0. The molecule has 2 heterocycles. The molecule has 1 saturated heterocycles. The van der Waals surface area contributed by atoms with Gasteiger partial charge in [-0.2, -0.15) is 0 Å². The van der Waals surface area contributed by atoms with Crippen molar-refractivity contribution < 1.29 is 23.8 Å². The highest BCUT2D eigenvalue weighted by Gasteiger charge is 2.32. The van der Waals surface area contributed by atoms with E-state index >= 15 is 0 Å². The van der Waals surface area contributed by atoms with Crippen LogP contribution >= 0.6 is 0 Å². The summed E-state index contributed by atoms with van der Waals surface area (Å²) in [5.74, 6) is 1.33. The number of nitrogens with one attached hydrogen (secondary N) is 1. The number of hydrogen-bond donors (Lipinski definition) is 1. The molecule has 36 heavy (non-hydrogen) atoms. The summed E-state index contributed by atoms with van der Waals surface area (Å²) in [5, 5.41) is 2.95. The number of aromatic nitrogens is 1. The number of benzene rings is 2. The van der Waals surface area contributed by atoms with Gasteiger partial charge in [-0.15, -0.1) is 0 Å². The highest BCUT2D eigenvalue weighted by Crippen LogP contribution is 2.29. The van der Waals surface area contributed by atoms with E-state index in [-0.39, 0.29) is 18.4 Å². The molecule has 8 heteroatoms. The first-order chi connectivity index (χ1) is 17.6. The molecule has 0 spiro atoms. The minimum atomic E-state index is -0.562. The average Bonchev–Trinajstić information content (AvgIpc) is 3.15. The fourth-order valence-electron chi connectivity index (χ4n) is 4.21. The Bertz CT molecular complexity index is 1170. The topological polar surface area (TPSA) is 90.0 Å². The number of carbonyl (C=O) groups excluding carboxylic acids is 2. The normalized spacial score (nSPS) is 15.4. The van der Waals surface area contributed by atoms with Crippen molar-refractivity contribution in [3.05, 3.63) is 83.7 Å². The van der Waals surface area contributed by atoms with E-state index in [1.807, 2.05) is 42.5 Å². The lowest BCUT2D eigenvalue weighted by Gasteiger charge is -2.30. The van der Waals surface area contributed by atoms with Gasteiger partial charge in [0.25, 0.3) is 5.91 Å². The quantitative estimate of drug-likeness (QED) is 0.489. The largest absolute Gasteiger partial charge is 0.493 e. The molecule has 0 aliphatic carbocycles. The van der Waals surface area contributed by atoms with Crippen LogP contribution in [0.3, 0.4) is 0 Å². The minimum Gasteiger partial charge on any atom is -0.493 e. The predicted molar refractivity (Wildman–Crippen MR) is 135 cm³/mol. The average molecular weight is 490 g/mol. The number of pyridine rings is 1. The molecule has 1 aliphatic heterocycles. The van der Waals surface area contributed by atoms with Gasteiger partial charge in [0.2, 0.25) is 5.91 Å². The Morgan fingerprint density at radius 3 is 2.56 bits per heavy atom. The lowest BCUT2D eigenvalue weighted by atomic mass is 10.0. The Labute approximate surface area is 211 Å². The Kier molecular flexibility index (Phi) is 8.39. The van der Waals surface area contributed by atoms with Gasteiger partial charge in [-0.3, -0.25) is 14.6 Å². The van der Waals surface area contributed by atoms with Crippen LogP contribution < -0.4 is 19.5 Å². The van der Waals surface area contributed by atoms with Crippen LogP contribution in [-0.4, -0.2) is 48.5 Å². The first-order valence-electron chi connectivity index (χ1n) is 12.0. The second-order valence-electron chi connectivity index (χ2n) is 8.56. The van der Waals surface area contributed by atoms with E-state index in [9.17, 15) is 9.59 Å². The highest BCUT2D eigenvalue weighted by atomic mass is 16.5. The molecular formula is C28H31N3O5. The molecule has 2 aromatic carbocycles. The van der Waals surface area contributed by atoms with Gasteiger partial charge >= 0.3 is 0 Å². The minimum absolute atomic E-state index is 0.128. The number of hydrogen-bond acceptors (Lipinski definition) is 6. The van der Waals surface area contributed by atoms with Crippen LogP contribution in [0.15, 0.2) is 66.9 Å². The van der Waals surface area contributed by atoms with Crippen molar-refractivity contribution in [2.24, 2.45) is 0 Å². The van der Waals surface area contributed by atoms with Crippen molar-refractivity contribution in [2.45, 2.75) is 38.5 Å². The zero-order valence-electron chi connectivity index (χ0n) is 20.6. The first kappa shape index (κ1) is 25.0. The molecule has 1 aliphatic rings. The van der Waals surface area contributed by atoms with Crippen LogP contribution in [0.4, 0.5) is 0 Å². The number of methoxy groups -OCH3 is 2. The van der Waals surface area contributed by atoms with Crippen molar-refractivity contribution in [1.82, 2.24) is 15.2 Å². The van der Waals surface area contributed by atoms with Crippen LogP contribution in [0.1, 0.15) is 40.9 Å². The number of rotatable bonds is 9. The zero-order valence-corrected chi connectivity index (χ0v) is 20.6. The Morgan fingerprint density at radius 2 is 1.83 bits per heavy atom. The summed E-state index contributed by atoms with van der Waals surface area (Å²) in [7, 11) is 3.07. The van der Waals surface area contributed by atoms with Crippen molar-refractivity contribution in [3.63, 3.8) is 0 Å². The first-order valence-corrected chi connectivity index (χ1v) is 12.0. The van der Waals surface area contributed by atoms with Crippen LogP contribution in [0, 0.1) is 0 Å². The van der Waals surface area contributed by atoms with Crippen LogP contribution in [0.25, 0.3) is 0 Å². The second-order valence-corrected chi connectivity index (χ2v) is 8.56. The van der Waals surface area contributed by atoms with E-state index in [2.05, 4.69) is 10.3 Å². The summed E-state index contributed by atoms with van der Waals surface area (Å²) in [5.41, 5.74) is 2.17. The standard InChI is InChI=1S/C28H31N3O5/c1-34-25-14-11-21(17-26(25)35-2)28(33)31(24-8-4-6-16-30-27(24)32)18-20-9-12-23(13-10-20)36-19-22-7-3-5-15-29-22/h3,5,7,9-15,17,24H,4,6,8,16,18-19H2,1-2H3,(H,30,32)/t24-/m0/s1. The van der Waals surface area contributed by atoms with E-state index in [1.54, 1.807) is 36.4 Å². The van der Waals surface area contributed by atoms with Gasteiger partial charge in [-0.25, -0.2) is 0 Å². The third-order valence-corrected chi connectivity index (χ3v) is 6.16. The number of amides is 2. The third-order valence-electron chi connectivity index (χ3n) is 6.16. The van der Waals surface area contributed by atoms with Gasteiger partial charge in [-0.1, -0.05) is 18.2 Å². The summed E-state index contributed by atoms with van der Waals surface area (Å²) in [4.78, 5) is 32.5. The molecule has 0 unspecified atom stereocenters. The maximum absolute atomic E-state index is 13.7. The Balaban J connectivity index is 1.55. The van der Waals surface area contributed by atoms with Crippen LogP contribution in [0.2, 0.25) is 0 Å². The molecule has 2 amide bonds. The maximum Gasteiger partial charge on any atom is 0.254 e. The predicted octanol–water partition coefficient (Wildman–Crippen LogP) is 3.99. The molecular weight excluding hydrogens is 458 g/mol. The molecule has 1 N–H and O–H groups in total. The fraction of sp³-hybridized carbons (Fsp3) is 0.321. The fourth-order valence-corrected chi connectivity index (χ4v) is 4.21. The van der Waals surface area contributed by atoms with Gasteiger partial charge in [-0.05, 0) is 67.3 Å². The van der Waals surface area contributed by atoms with E-state index < -0.39 is 6.04 Å². The molecule has 1 aromatic heterocycles. The van der Waals surface area contributed by atoms with Crippen LogP contribution in [0.5, 0.6) is 17.2 Å². The molecule has 3 aromatic rings. The summed E-state index contributed by atoms with van der Waals surface area (Å²) in [6, 6.07) is 17.7. The van der Waals surface area contributed by atoms with Crippen molar-refractivity contribution in [3.8, 4) is 17.2 Å². The summed E-state index contributed by atoms with van der Waals surface area (Å²) in [6.45, 7) is 1.27. The molecule has 0 saturated carbocycles. The lowest BCUT2D eigenvalue weighted by molar-refractivity contribution is -0.125. The Morgan fingerprint density at radius 1 is 1.03 bits per heavy atom. The summed E-state index contributed by atoms with van der Waals surface area (Å²) < 4.78 is 16.5. The van der Waals surface area contributed by atoms with Gasteiger partial charge in [0.1, 0.15) is 18.4 Å². The van der Waals surface area contributed by atoms with Gasteiger partial charge in [0.05, 0.1) is 19.9 Å². The van der Waals surface area contributed by atoms with Crippen molar-refractivity contribution >= 4 is 11.8 Å². The molecule has 1 atom stereocenters. The SMILES string of the molecule is COc1ccc(C(=O)N(Cc2ccc(OCc3ccccn3)cc2)[C@H]2CCCCNC2=O)cc1OC. The van der Waals surface area contributed by atoms with Gasteiger partial charge in [0, 0.05) is 24.8 Å². The summed E-state index contributed by atoms with van der Waals surface area (Å²) in [6.07, 6.45) is 4.09. The second kappa shape index (κ2) is 12.1. The van der Waals surface area contributed by atoms with E-state index in [1.165, 1.54) is 7.11 Å². The van der Waals surface area contributed by atoms with E-state index in [0.717, 1.165) is 24.1 Å². The molecule has 0 radical (unpaired) electrons. The number of ether oxygens (including phenoxy) is 3. The van der Waals surface area contributed by atoms with E-state index in [4.69, 9.17) is 14.2 Å². The molecule has 1 fully saturated rings. The maximum atomic E-state index is 13.7. The van der Waals surface area contributed by atoms with Gasteiger partial charge < -0.3 is 24.4 Å².